The van der Waals surface area contributed by atoms with Gasteiger partial charge in [-0.25, -0.2) is 0 Å². The molecule has 2 atom stereocenters. The molecule has 0 saturated carbocycles. The fourth-order valence-electron chi connectivity index (χ4n) is 6.86. The maximum absolute atomic E-state index is 13.9. The van der Waals surface area contributed by atoms with Gasteiger partial charge in [0.25, 0.3) is 5.91 Å². The molecule has 2 aromatic carbocycles. The van der Waals surface area contributed by atoms with E-state index in [0.717, 1.165) is 40.6 Å². The van der Waals surface area contributed by atoms with E-state index in [0.29, 0.717) is 12.0 Å². The molecule has 4 heterocycles. The molecule has 3 aliphatic heterocycles. The van der Waals surface area contributed by atoms with E-state index in [4.69, 9.17) is 0 Å². The van der Waals surface area contributed by atoms with Crippen LogP contribution in [0.5, 0.6) is 0 Å². The normalized spacial score (nSPS) is 25.1. The lowest BCUT2D eigenvalue weighted by Crippen LogP contribution is -2.63. The zero-order chi connectivity index (χ0) is 23.8. The number of carbonyl (C=O) groups excluding carboxylic acids is 2. The predicted octanol–water partition coefficient (Wildman–Crippen LogP) is 4.06. The van der Waals surface area contributed by atoms with E-state index in [1.807, 2.05) is 41.3 Å². The minimum Gasteiger partial charge on any atom is -0.356 e. The largest absolute Gasteiger partial charge is 0.356 e. The van der Waals surface area contributed by atoms with E-state index in [1.54, 1.807) is 0 Å². The number of nitrogens with zero attached hydrogens (tertiary/aromatic N) is 1. The van der Waals surface area contributed by atoms with E-state index in [2.05, 4.69) is 55.4 Å². The fourth-order valence-corrected chi connectivity index (χ4v) is 6.86. The molecule has 3 N–H and O–H groups in total. The standard InChI is InChI=1S/C28H32N4O2/c1-27(2)14-16(15-28(3,4)31-27)29-25(33)22-13-20-17-9-7-8-12-21(17)30-23(20)24-18-10-5-6-11-19(18)26(34)32(22)24/h5-12,16,22,24,30-31H,13-15H2,1-4H3,(H,29,33)/t22-,24?/m0/s1. The number of rotatable bonds is 2. The van der Waals surface area contributed by atoms with Crippen LogP contribution in [0.15, 0.2) is 48.5 Å². The summed E-state index contributed by atoms with van der Waals surface area (Å²) in [6.07, 6.45) is 2.22. The summed E-state index contributed by atoms with van der Waals surface area (Å²) in [6, 6.07) is 15.2. The molecule has 34 heavy (non-hydrogen) atoms. The first kappa shape index (κ1) is 21.4. The molecule has 0 bridgehead atoms. The molecule has 1 aromatic heterocycles. The fraction of sp³-hybridized carbons (Fsp3) is 0.429. The van der Waals surface area contributed by atoms with Gasteiger partial charge in [0.2, 0.25) is 5.91 Å². The molecule has 6 heteroatoms. The molecule has 1 unspecified atom stereocenters. The molecule has 3 aromatic rings. The van der Waals surface area contributed by atoms with Crippen LogP contribution in [0.3, 0.4) is 0 Å². The molecule has 2 amide bonds. The highest BCUT2D eigenvalue weighted by Gasteiger charge is 2.49. The van der Waals surface area contributed by atoms with Crippen molar-refractivity contribution in [3.05, 3.63) is 70.9 Å². The monoisotopic (exact) mass is 456 g/mol. The van der Waals surface area contributed by atoms with Crippen LogP contribution in [0.1, 0.15) is 73.8 Å². The second-order valence-corrected chi connectivity index (χ2v) is 11.5. The average molecular weight is 457 g/mol. The molecule has 0 radical (unpaired) electrons. The molecule has 1 saturated heterocycles. The highest BCUT2D eigenvalue weighted by atomic mass is 16.2. The molecule has 176 valence electrons. The number of aromatic nitrogens is 1. The first-order chi connectivity index (χ1) is 16.1. The van der Waals surface area contributed by atoms with Crippen molar-refractivity contribution in [3.63, 3.8) is 0 Å². The summed E-state index contributed by atoms with van der Waals surface area (Å²) in [5.74, 6) is -0.114. The van der Waals surface area contributed by atoms with E-state index in [1.165, 1.54) is 0 Å². The van der Waals surface area contributed by atoms with Gasteiger partial charge in [0, 0.05) is 45.7 Å². The number of hydrogen-bond acceptors (Lipinski definition) is 3. The van der Waals surface area contributed by atoms with Crippen molar-refractivity contribution >= 4 is 22.7 Å². The van der Waals surface area contributed by atoms with Crippen molar-refractivity contribution in [1.29, 1.82) is 0 Å². The molecule has 0 spiro atoms. The van der Waals surface area contributed by atoms with E-state index < -0.39 is 6.04 Å². The lowest BCUT2D eigenvalue weighted by atomic mass is 9.79. The summed E-state index contributed by atoms with van der Waals surface area (Å²) in [5, 5.41) is 8.16. The molecule has 3 aliphatic rings. The van der Waals surface area contributed by atoms with Crippen LogP contribution in [0.4, 0.5) is 0 Å². The number of para-hydroxylation sites is 1. The minimum absolute atomic E-state index is 0.0550. The van der Waals surface area contributed by atoms with Gasteiger partial charge in [-0.05, 0) is 63.8 Å². The number of piperidine rings is 1. The van der Waals surface area contributed by atoms with E-state index in [-0.39, 0.29) is 35.0 Å². The van der Waals surface area contributed by atoms with Crippen molar-refractivity contribution in [2.75, 3.05) is 0 Å². The number of aromatic amines is 1. The Morgan fingerprint density at radius 3 is 2.44 bits per heavy atom. The lowest BCUT2D eigenvalue weighted by molar-refractivity contribution is -0.127. The van der Waals surface area contributed by atoms with Crippen LogP contribution in [0, 0.1) is 0 Å². The summed E-state index contributed by atoms with van der Waals surface area (Å²) >= 11 is 0. The minimum atomic E-state index is -0.544. The van der Waals surface area contributed by atoms with Gasteiger partial charge >= 0.3 is 0 Å². The zero-order valence-electron chi connectivity index (χ0n) is 20.2. The SMILES string of the molecule is CC1(C)CC(NC(=O)[C@@H]2Cc3c([nH]c4ccccc34)C3c4ccccc4C(=O)N32)CC(C)(C)N1. The van der Waals surface area contributed by atoms with E-state index >= 15 is 0 Å². The Morgan fingerprint density at radius 1 is 1.00 bits per heavy atom. The van der Waals surface area contributed by atoms with Gasteiger partial charge in [-0.2, -0.15) is 0 Å². The van der Waals surface area contributed by atoms with Crippen LogP contribution in [-0.2, 0) is 11.2 Å². The Balaban J connectivity index is 1.40. The number of fused-ring (bicyclic) bond motifs is 7. The third-order valence-electron chi connectivity index (χ3n) is 7.69. The van der Waals surface area contributed by atoms with E-state index in [9.17, 15) is 9.59 Å². The predicted molar refractivity (Wildman–Crippen MR) is 133 cm³/mol. The lowest BCUT2D eigenvalue weighted by Gasteiger charge is -2.47. The summed E-state index contributed by atoms with van der Waals surface area (Å²) < 4.78 is 0. The Bertz CT molecular complexity index is 1300. The maximum atomic E-state index is 13.9. The van der Waals surface area contributed by atoms with Gasteiger partial charge < -0.3 is 20.5 Å². The Morgan fingerprint density at radius 2 is 1.68 bits per heavy atom. The smallest absolute Gasteiger partial charge is 0.255 e. The molecule has 0 aliphatic carbocycles. The summed E-state index contributed by atoms with van der Waals surface area (Å²) in [5.41, 5.74) is 4.76. The van der Waals surface area contributed by atoms with Crippen LogP contribution < -0.4 is 10.6 Å². The summed E-state index contributed by atoms with van der Waals surface area (Å²) in [4.78, 5) is 32.8. The number of amides is 2. The van der Waals surface area contributed by atoms with Crippen molar-refractivity contribution in [2.45, 2.75) is 76.2 Å². The molecular formula is C28H32N4O2. The van der Waals surface area contributed by atoms with Crippen molar-refractivity contribution < 1.29 is 9.59 Å². The molecule has 1 fully saturated rings. The van der Waals surface area contributed by atoms with Crippen molar-refractivity contribution in [2.24, 2.45) is 0 Å². The average Bonchev–Trinajstić information content (AvgIpc) is 3.27. The number of hydrogen-bond donors (Lipinski definition) is 3. The van der Waals surface area contributed by atoms with Gasteiger partial charge in [-0.15, -0.1) is 0 Å². The van der Waals surface area contributed by atoms with Gasteiger partial charge in [0.15, 0.2) is 0 Å². The van der Waals surface area contributed by atoms with Gasteiger partial charge in [0.05, 0.1) is 6.04 Å². The third kappa shape index (κ3) is 3.27. The number of carbonyl (C=O) groups is 2. The maximum Gasteiger partial charge on any atom is 0.255 e. The van der Waals surface area contributed by atoms with Crippen LogP contribution in [0.2, 0.25) is 0 Å². The van der Waals surface area contributed by atoms with Crippen LogP contribution in [0.25, 0.3) is 10.9 Å². The van der Waals surface area contributed by atoms with Crippen molar-refractivity contribution in [3.8, 4) is 0 Å². The van der Waals surface area contributed by atoms with Gasteiger partial charge in [-0.3, -0.25) is 9.59 Å². The second-order valence-electron chi connectivity index (χ2n) is 11.5. The van der Waals surface area contributed by atoms with Gasteiger partial charge in [-0.1, -0.05) is 36.4 Å². The topological polar surface area (TPSA) is 77.2 Å². The quantitative estimate of drug-likeness (QED) is 0.544. The second kappa shape index (κ2) is 7.19. The zero-order valence-corrected chi connectivity index (χ0v) is 20.2. The van der Waals surface area contributed by atoms with Crippen LogP contribution >= 0.6 is 0 Å². The summed E-state index contributed by atoms with van der Waals surface area (Å²) in [6.45, 7) is 8.73. The number of H-pyrrole nitrogens is 1. The Kier molecular flexibility index (Phi) is 4.53. The number of nitrogens with one attached hydrogen (secondary N) is 3. The Hall–Kier alpha value is -3.12. The molecule has 6 rings (SSSR count). The number of benzene rings is 2. The highest BCUT2D eigenvalue weighted by molar-refractivity contribution is 6.03. The Labute approximate surface area is 200 Å². The summed E-state index contributed by atoms with van der Waals surface area (Å²) in [7, 11) is 0. The van der Waals surface area contributed by atoms with Crippen molar-refractivity contribution in [1.82, 2.24) is 20.5 Å². The highest BCUT2D eigenvalue weighted by Crippen LogP contribution is 2.46. The molecular weight excluding hydrogens is 424 g/mol. The molecule has 6 nitrogen and oxygen atoms in total. The first-order valence-corrected chi connectivity index (χ1v) is 12.2. The van der Waals surface area contributed by atoms with Crippen LogP contribution in [-0.4, -0.2) is 44.9 Å². The van der Waals surface area contributed by atoms with Gasteiger partial charge in [0.1, 0.15) is 6.04 Å². The third-order valence-corrected chi connectivity index (χ3v) is 7.69. The first-order valence-electron chi connectivity index (χ1n) is 12.2.